The number of ether oxygens (including phenoxy) is 1. The van der Waals surface area contributed by atoms with Crippen LogP contribution in [0, 0.1) is 0 Å². The van der Waals surface area contributed by atoms with Gasteiger partial charge in [0.1, 0.15) is 0 Å². The Hall–Kier alpha value is -1.38. The smallest absolute Gasteiger partial charge is 0.239 e. The van der Waals surface area contributed by atoms with Crippen LogP contribution < -0.4 is 16.4 Å². The van der Waals surface area contributed by atoms with Crippen molar-refractivity contribution in [3.63, 3.8) is 0 Å². The zero-order valence-corrected chi connectivity index (χ0v) is 15.6. The lowest BCUT2D eigenvalue weighted by Gasteiger charge is -2.31. The Bertz CT molecular complexity index is 513. The molecule has 1 aromatic carbocycles. The van der Waals surface area contributed by atoms with Crippen molar-refractivity contribution in [2.24, 2.45) is 5.73 Å². The highest BCUT2D eigenvalue weighted by atomic mass is 35.5. The molecule has 1 aliphatic rings. The second kappa shape index (κ2) is 12.9. The van der Waals surface area contributed by atoms with E-state index in [9.17, 15) is 9.59 Å². The van der Waals surface area contributed by atoms with Crippen LogP contribution in [-0.4, -0.2) is 62.7 Å². The molecule has 0 aliphatic carbocycles. The minimum Gasteiger partial charge on any atom is -0.379 e. The summed E-state index contributed by atoms with van der Waals surface area (Å²) < 4.78 is 5.36. The summed E-state index contributed by atoms with van der Waals surface area (Å²) in [7, 11) is 0. The number of nitrogens with two attached hydrogens (primary N) is 1. The summed E-state index contributed by atoms with van der Waals surface area (Å²) in [6.45, 7) is 3.64. The summed E-state index contributed by atoms with van der Waals surface area (Å²) in [5.74, 6) is -0.571. The molecule has 7 nitrogen and oxygen atoms in total. The number of carbonyl (C=O) groups excluding carboxylic acids is 2. The molecular formula is C16H26Cl2N4O3. The van der Waals surface area contributed by atoms with Gasteiger partial charge < -0.3 is 21.1 Å². The molecule has 0 aromatic heterocycles. The summed E-state index contributed by atoms with van der Waals surface area (Å²) in [5, 5.41) is 5.47. The normalized spacial score (nSPS) is 15.2. The Morgan fingerprint density at radius 3 is 2.36 bits per heavy atom. The Labute approximate surface area is 160 Å². The van der Waals surface area contributed by atoms with Gasteiger partial charge in [-0.25, -0.2) is 0 Å². The molecule has 1 aliphatic heterocycles. The van der Waals surface area contributed by atoms with E-state index >= 15 is 0 Å². The van der Waals surface area contributed by atoms with Crippen molar-refractivity contribution in [3.8, 4) is 0 Å². The van der Waals surface area contributed by atoms with Crippen LogP contribution in [0.2, 0.25) is 0 Å². The predicted octanol–water partition coefficient (Wildman–Crippen LogP) is 0.0946. The van der Waals surface area contributed by atoms with Gasteiger partial charge in [0.25, 0.3) is 0 Å². The van der Waals surface area contributed by atoms with Crippen molar-refractivity contribution in [2.45, 2.75) is 6.04 Å². The van der Waals surface area contributed by atoms with E-state index in [1.807, 2.05) is 30.3 Å². The lowest BCUT2D eigenvalue weighted by atomic mass is 10.1. The maximum atomic E-state index is 12.1. The first-order valence-corrected chi connectivity index (χ1v) is 7.80. The Kier molecular flexibility index (Phi) is 12.2. The number of benzene rings is 1. The number of nitrogens with one attached hydrogen (secondary N) is 2. The van der Waals surface area contributed by atoms with E-state index in [1.165, 1.54) is 0 Å². The predicted molar refractivity (Wildman–Crippen MR) is 101 cm³/mol. The monoisotopic (exact) mass is 392 g/mol. The van der Waals surface area contributed by atoms with Crippen molar-refractivity contribution < 1.29 is 14.3 Å². The lowest BCUT2D eigenvalue weighted by molar-refractivity contribution is -0.125. The standard InChI is InChI=1S/C16H24N4O3.2ClH/c17-10-15(21)18-11-16(22)19-14(13-4-2-1-3-5-13)12-20-6-8-23-9-7-20;;/h1-5,14H,6-12,17H2,(H,18,21)(H,19,22);2*1H. The number of hydrogen-bond donors (Lipinski definition) is 3. The number of amides is 2. The number of hydrogen-bond acceptors (Lipinski definition) is 5. The summed E-state index contributed by atoms with van der Waals surface area (Å²) in [4.78, 5) is 25.5. The molecule has 1 aromatic rings. The molecule has 1 unspecified atom stereocenters. The van der Waals surface area contributed by atoms with Gasteiger partial charge >= 0.3 is 0 Å². The van der Waals surface area contributed by atoms with Gasteiger partial charge in [0.15, 0.2) is 0 Å². The molecule has 1 fully saturated rings. The Balaban J connectivity index is 0.00000288. The van der Waals surface area contributed by atoms with E-state index in [0.717, 1.165) is 18.7 Å². The zero-order valence-electron chi connectivity index (χ0n) is 14.0. The molecular weight excluding hydrogens is 367 g/mol. The molecule has 9 heteroatoms. The SMILES string of the molecule is Cl.Cl.NCC(=O)NCC(=O)NC(CN1CCOCC1)c1ccccc1. The highest BCUT2D eigenvalue weighted by molar-refractivity contribution is 5.86. The summed E-state index contributed by atoms with van der Waals surface area (Å²) >= 11 is 0. The quantitative estimate of drug-likeness (QED) is 0.611. The third kappa shape index (κ3) is 8.51. The van der Waals surface area contributed by atoms with E-state index in [-0.39, 0.29) is 55.8 Å². The molecule has 1 saturated heterocycles. The fourth-order valence-electron chi connectivity index (χ4n) is 2.46. The van der Waals surface area contributed by atoms with Gasteiger partial charge in [-0.3, -0.25) is 14.5 Å². The summed E-state index contributed by atoms with van der Waals surface area (Å²) in [6.07, 6.45) is 0. The Morgan fingerprint density at radius 2 is 1.76 bits per heavy atom. The number of morpholine rings is 1. The second-order valence-electron chi connectivity index (χ2n) is 5.42. The third-order valence-corrected chi connectivity index (χ3v) is 3.71. The maximum Gasteiger partial charge on any atom is 0.239 e. The number of nitrogens with zero attached hydrogens (tertiary/aromatic N) is 1. The van der Waals surface area contributed by atoms with Crippen LogP contribution in [0.25, 0.3) is 0 Å². The fourth-order valence-corrected chi connectivity index (χ4v) is 2.46. The van der Waals surface area contributed by atoms with Crippen LogP contribution in [-0.2, 0) is 14.3 Å². The van der Waals surface area contributed by atoms with Crippen LogP contribution in [0.1, 0.15) is 11.6 Å². The van der Waals surface area contributed by atoms with Crippen LogP contribution in [0.5, 0.6) is 0 Å². The van der Waals surface area contributed by atoms with Crippen LogP contribution >= 0.6 is 24.8 Å². The molecule has 2 rings (SSSR count). The topological polar surface area (TPSA) is 96.7 Å². The van der Waals surface area contributed by atoms with Gasteiger partial charge in [-0.15, -0.1) is 24.8 Å². The van der Waals surface area contributed by atoms with E-state index in [0.29, 0.717) is 19.8 Å². The fraction of sp³-hybridized carbons (Fsp3) is 0.500. The van der Waals surface area contributed by atoms with Gasteiger partial charge in [0, 0.05) is 19.6 Å². The van der Waals surface area contributed by atoms with Crippen LogP contribution in [0.4, 0.5) is 0 Å². The largest absolute Gasteiger partial charge is 0.379 e. The summed E-state index contributed by atoms with van der Waals surface area (Å²) in [6, 6.07) is 9.69. The van der Waals surface area contributed by atoms with Gasteiger partial charge in [0.2, 0.25) is 11.8 Å². The number of carbonyl (C=O) groups is 2. The highest BCUT2D eigenvalue weighted by Crippen LogP contribution is 2.15. The van der Waals surface area contributed by atoms with E-state index in [4.69, 9.17) is 10.5 Å². The molecule has 0 bridgehead atoms. The van der Waals surface area contributed by atoms with Gasteiger partial charge in [-0.2, -0.15) is 0 Å². The molecule has 25 heavy (non-hydrogen) atoms. The average molecular weight is 393 g/mol. The van der Waals surface area contributed by atoms with Crippen molar-refractivity contribution in [1.82, 2.24) is 15.5 Å². The minimum atomic E-state index is -0.343. The molecule has 0 saturated carbocycles. The van der Waals surface area contributed by atoms with Crippen LogP contribution in [0.15, 0.2) is 30.3 Å². The molecule has 2 amide bonds. The van der Waals surface area contributed by atoms with Crippen molar-refractivity contribution in [2.75, 3.05) is 45.9 Å². The van der Waals surface area contributed by atoms with E-state index in [2.05, 4.69) is 15.5 Å². The highest BCUT2D eigenvalue weighted by Gasteiger charge is 2.20. The minimum absolute atomic E-state index is 0. The van der Waals surface area contributed by atoms with E-state index < -0.39 is 0 Å². The second-order valence-corrected chi connectivity index (χ2v) is 5.42. The summed E-state index contributed by atoms with van der Waals surface area (Å²) in [5.41, 5.74) is 6.25. The first kappa shape index (κ1) is 23.6. The molecule has 4 N–H and O–H groups in total. The maximum absolute atomic E-state index is 12.1. The molecule has 0 radical (unpaired) electrons. The first-order chi connectivity index (χ1) is 11.2. The van der Waals surface area contributed by atoms with Gasteiger partial charge in [-0.05, 0) is 5.56 Å². The molecule has 142 valence electrons. The molecule has 0 spiro atoms. The zero-order chi connectivity index (χ0) is 16.5. The van der Waals surface area contributed by atoms with Crippen molar-refractivity contribution in [1.29, 1.82) is 0 Å². The van der Waals surface area contributed by atoms with Crippen LogP contribution in [0.3, 0.4) is 0 Å². The lowest BCUT2D eigenvalue weighted by Crippen LogP contribution is -2.45. The Morgan fingerprint density at radius 1 is 1.12 bits per heavy atom. The first-order valence-electron chi connectivity index (χ1n) is 7.80. The van der Waals surface area contributed by atoms with Crippen molar-refractivity contribution >= 4 is 36.6 Å². The third-order valence-electron chi connectivity index (χ3n) is 3.71. The average Bonchev–Trinajstić information content (AvgIpc) is 2.60. The van der Waals surface area contributed by atoms with Gasteiger partial charge in [0.05, 0.1) is 32.3 Å². The van der Waals surface area contributed by atoms with Gasteiger partial charge in [-0.1, -0.05) is 30.3 Å². The number of rotatable bonds is 7. The molecule has 1 atom stereocenters. The number of halogens is 2. The van der Waals surface area contributed by atoms with Crippen molar-refractivity contribution in [3.05, 3.63) is 35.9 Å². The molecule has 1 heterocycles. The van der Waals surface area contributed by atoms with E-state index in [1.54, 1.807) is 0 Å².